The van der Waals surface area contributed by atoms with Crippen molar-refractivity contribution in [1.29, 1.82) is 0 Å². The molecule has 0 N–H and O–H groups in total. The Balaban J connectivity index is 2.85. The van der Waals surface area contributed by atoms with E-state index < -0.39 is 0 Å². The van der Waals surface area contributed by atoms with Crippen LogP contribution in [0.2, 0.25) is 0 Å². The molecule has 0 amide bonds. The number of carbonyl (C=O) groups is 1. The van der Waals surface area contributed by atoms with Gasteiger partial charge in [-0.3, -0.25) is 4.79 Å². The van der Waals surface area contributed by atoms with Gasteiger partial charge in [0, 0.05) is 5.56 Å². The van der Waals surface area contributed by atoms with Gasteiger partial charge in [0.15, 0.2) is 5.78 Å². The highest BCUT2D eigenvalue weighted by molar-refractivity contribution is 14.1. The number of hydrogen-bond acceptors (Lipinski definition) is 1. The first kappa shape index (κ1) is 7.72. The molecule has 1 nitrogen and oxygen atoms in total. The quantitative estimate of drug-likeness (QED) is 0.577. The lowest BCUT2D eigenvalue weighted by Gasteiger charge is -1.92. The Labute approximate surface area is 73.6 Å². The van der Waals surface area contributed by atoms with E-state index in [0.29, 0.717) is 0 Å². The maximum atomic E-state index is 11.0. The summed E-state index contributed by atoms with van der Waals surface area (Å²) in [5, 5.41) is 0. The average Bonchev–Trinajstić information content (AvgIpc) is 2.05. The second-order valence-electron chi connectivity index (χ2n) is 1.84. The average molecular weight is 245 g/mol. The molecule has 0 bridgehead atoms. The van der Waals surface area contributed by atoms with Gasteiger partial charge in [0.25, 0.3) is 0 Å². The predicted octanol–water partition coefficient (Wildman–Crippen LogP) is 2.47. The van der Waals surface area contributed by atoms with Gasteiger partial charge >= 0.3 is 0 Å². The van der Waals surface area contributed by atoms with Gasteiger partial charge in [0.1, 0.15) is 0 Å². The highest BCUT2D eigenvalue weighted by Gasteiger charge is 2.00. The minimum absolute atomic E-state index is 0.0706. The molecule has 0 unspecified atom stereocenters. The first-order valence-corrected chi connectivity index (χ1v) is 4.12. The normalized spacial score (nSPS) is 9.30. The molecule has 0 aliphatic rings. The minimum atomic E-state index is 0.0706. The third-order valence-electron chi connectivity index (χ3n) is 1.16. The van der Waals surface area contributed by atoms with Crippen molar-refractivity contribution < 1.29 is 4.79 Å². The van der Waals surface area contributed by atoms with Gasteiger partial charge in [-0.2, -0.15) is 0 Å². The summed E-state index contributed by atoms with van der Waals surface area (Å²) in [5.41, 5.74) is 0.747. The first-order chi connectivity index (χ1) is 4.84. The van der Waals surface area contributed by atoms with Crippen LogP contribution in [0.1, 0.15) is 10.4 Å². The molecule has 0 atom stereocenters. The van der Waals surface area contributed by atoms with Crippen LogP contribution in [0.15, 0.2) is 30.3 Å². The lowest BCUT2D eigenvalue weighted by atomic mass is 10.2. The minimum Gasteiger partial charge on any atom is -0.293 e. The molecule has 0 aromatic heterocycles. The van der Waals surface area contributed by atoms with Crippen molar-refractivity contribution in [3.63, 3.8) is 0 Å². The van der Waals surface area contributed by atoms with Crippen molar-refractivity contribution in [2.24, 2.45) is 0 Å². The summed E-state index contributed by atoms with van der Waals surface area (Å²) in [4.78, 5) is 11.0. The van der Waals surface area contributed by atoms with Crippen molar-refractivity contribution in [2.75, 3.05) is 0 Å². The Morgan fingerprint density at radius 2 is 1.90 bits per heavy atom. The highest BCUT2D eigenvalue weighted by Crippen LogP contribution is 2.04. The zero-order valence-corrected chi connectivity index (χ0v) is 7.41. The molecule has 1 aromatic rings. The van der Waals surface area contributed by atoms with Crippen LogP contribution in [-0.4, -0.2) is 5.78 Å². The summed E-state index contributed by atoms with van der Waals surface area (Å²) in [6.07, 6.45) is 0. The summed E-state index contributed by atoms with van der Waals surface area (Å²) in [6.45, 7) is 0. The summed E-state index contributed by atoms with van der Waals surface area (Å²) < 4.78 is 1.53. The van der Waals surface area contributed by atoms with Gasteiger partial charge in [0.05, 0.1) is 4.43 Å². The molecular weight excluding hydrogens is 239 g/mol. The van der Waals surface area contributed by atoms with E-state index in [1.807, 2.05) is 40.8 Å². The molecule has 1 rings (SSSR count). The summed E-state index contributed by atoms with van der Waals surface area (Å²) in [6, 6.07) is 9.21. The summed E-state index contributed by atoms with van der Waals surface area (Å²) in [5.74, 6) is 0.0706. The fraction of sp³-hybridized carbons (Fsp3) is 0. The third kappa shape index (κ3) is 1.80. The molecule has 0 saturated heterocycles. The zero-order chi connectivity index (χ0) is 7.40. The van der Waals surface area contributed by atoms with Gasteiger partial charge in [-0.25, -0.2) is 0 Å². The Kier molecular flexibility index (Phi) is 2.86. The molecule has 1 radical (unpaired) electrons. The maximum absolute atomic E-state index is 11.0. The Hall–Kier alpha value is -0.380. The molecule has 0 aliphatic heterocycles. The van der Waals surface area contributed by atoms with Crippen LogP contribution < -0.4 is 0 Å². The molecule has 10 heavy (non-hydrogen) atoms. The van der Waals surface area contributed by atoms with E-state index >= 15 is 0 Å². The topological polar surface area (TPSA) is 17.1 Å². The highest BCUT2D eigenvalue weighted by atomic mass is 127. The molecule has 0 saturated carbocycles. The molecular formula is C8H6IO. The van der Waals surface area contributed by atoms with Crippen molar-refractivity contribution >= 4 is 28.4 Å². The number of hydrogen-bond donors (Lipinski definition) is 0. The predicted molar refractivity (Wildman–Crippen MR) is 49.1 cm³/mol. The molecule has 2 heteroatoms. The maximum Gasteiger partial charge on any atom is 0.177 e. The molecule has 0 fully saturated rings. The largest absolute Gasteiger partial charge is 0.293 e. The number of benzene rings is 1. The van der Waals surface area contributed by atoms with E-state index in [0.717, 1.165) is 5.56 Å². The fourth-order valence-corrected chi connectivity index (χ4v) is 1.02. The molecule has 51 valence electrons. The second-order valence-corrected chi connectivity index (χ2v) is 2.46. The van der Waals surface area contributed by atoms with E-state index in [1.54, 1.807) is 12.1 Å². The summed E-state index contributed by atoms with van der Waals surface area (Å²) >= 11 is 1.94. The van der Waals surface area contributed by atoms with E-state index in [4.69, 9.17) is 0 Å². The van der Waals surface area contributed by atoms with Gasteiger partial charge in [-0.05, 0) is 0 Å². The molecule has 0 heterocycles. The van der Waals surface area contributed by atoms with Crippen molar-refractivity contribution in [2.45, 2.75) is 0 Å². The van der Waals surface area contributed by atoms with Crippen LogP contribution in [0, 0.1) is 4.43 Å². The molecule has 0 aliphatic carbocycles. The SMILES string of the molecule is O=C([CH]I)c1ccccc1. The lowest BCUT2D eigenvalue weighted by Crippen LogP contribution is -1.93. The number of Topliss-reactive ketones (excluding diaryl/α,β-unsaturated/α-hetero) is 1. The number of rotatable bonds is 2. The first-order valence-electron chi connectivity index (χ1n) is 2.87. The van der Waals surface area contributed by atoms with Crippen LogP contribution in [-0.2, 0) is 0 Å². The van der Waals surface area contributed by atoms with Crippen LogP contribution >= 0.6 is 22.6 Å². The van der Waals surface area contributed by atoms with Gasteiger partial charge in [-0.15, -0.1) is 0 Å². The number of carbonyl (C=O) groups excluding carboxylic acids is 1. The van der Waals surface area contributed by atoms with Crippen molar-refractivity contribution in [3.05, 3.63) is 40.3 Å². The zero-order valence-electron chi connectivity index (χ0n) is 5.25. The fourth-order valence-electron chi connectivity index (χ4n) is 0.665. The van der Waals surface area contributed by atoms with Crippen molar-refractivity contribution in [1.82, 2.24) is 0 Å². The van der Waals surface area contributed by atoms with E-state index in [-0.39, 0.29) is 5.78 Å². The Bertz CT molecular complexity index is 218. The second kappa shape index (κ2) is 3.71. The van der Waals surface area contributed by atoms with Crippen molar-refractivity contribution in [3.8, 4) is 0 Å². The Morgan fingerprint density at radius 1 is 1.30 bits per heavy atom. The number of halogens is 1. The van der Waals surface area contributed by atoms with Gasteiger partial charge in [-0.1, -0.05) is 52.9 Å². The summed E-state index contributed by atoms with van der Waals surface area (Å²) in [7, 11) is 0. The van der Waals surface area contributed by atoms with Gasteiger partial charge < -0.3 is 0 Å². The molecule has 1 aromatic carbocycles. The number of ketones is 1. The van der Waals surface area contributed by atoms with Crippen LogP contribution in [0.5, 0.6) is 0 Å². The monoisotopic (exact) mass is 245 g/mol. The van der Waals surface area contributed by atoms with Crippen LogP contribution in [0.3, 0.4) is 0 Å². The third-order valence-corrected chi connectivity index (χ3v) is 1.72. The van der Waals surface area contributed by atoms with E-state index in [1.165, 1.54) is 4.43 Å². The smallest absolute Gasteiger partial charge is 0.177 e. The van der Waals surface area contributed by atoms with Gasteiger partial charge in [0.2, 0.25) is 0 Å². The van der Waals surface area contributed by atoms with E-state index in [2.05, 4.69) is 0 Å². The van der Waals surface area contributed by atoms with E-state index in [9.17, 15) is 4.79 Å². The Morgan fingerprint density at radius 3 is 2.40 bits per heavy atom. The lowest BCUT2D eigenvalue weighted by molar-refractivity contribution is 0.104. The van der Waals surface area contributed by atoms with Crippen LogP contribution in [0.4, 0.5) is 0 Å². The molecule has 0 spiro atoms. The standard InChI is InChI=1S/C8H6IO/c9-6-8(10)7-4-2-1-3-5-7/h1-6H. The van der Waals surface area contributed by atoms with Crippen LogP contribution in [0.25, 0.3) is 0 Å².